The summed E-state index contributed by atoms with van der Waals surface area (Å²) in [4.78, 5) is 33.1. The Balaban J connectivity index is 1.29. The molecule has 3 aliphatic rings. The van der Waals surface area contributed by atoms with Gasteiger partial charge in [0.2, 0.25) is 0 Å². The molecule has 3 aliphatic heterocycles. The highest BCUT2D eigenvalue weighted by molar-refractivity contribution is 6.36. The number of ether oxygens (including phenoxy) is 2. The van der Waals surface area contributed by atoms with Gasteiger partial charge in [-0.15, -0.1) is 0 Å². The summed E-state index contributed by atoms with van der Waals surface area (Å²) in [5.74, 6) is -0.0864. The van der Waals surface area contributed by atoms with Gasteiger partial charge in [-0.05, 0) is 58.5 Å². The van der Waals surface area contributed by atoms with Gasteiger partial charge in [-0.3, -0.25) is 14.8 Å². The highest BCUT2D eigenvalue weighted by Gasteiger charge is 2.45. The number of aliphatic hydroxyl groups is 1. The number of likely N-dealkylation sites (tertiary alicyclic amines) is 1. The third kappa shape index (κ3) is 5.69. The van der Waals surface area contributed by atoms with Crippen LogP contribution in [0.25, 0.3) is 32.9 Å². The van der Waals surface area contributed by atoms with E-state index in [1.165, 1.54) is 0 Å². The van der Waals surface area contributed by atoms with E-state index in [4.69, 9.17) is 26.1 Å². The second-order valence-corrected chi connectivity index (χ2v) is 14.0. The first-order valence-electron chi connectivity index (χ1n) is 15.8. The molecule has 242 valence electrons. The van der Waals surface area contributed by atoms with Crippen molar-refractivity contribution in [3.8, 4) is 17.3 Å². The van der Waals surface area contributed by atoms with Crippen LogP contribution in [0.2, 0.25) is 5.02 Å². The Labute approximate surface area is 272 Å². The first-order valence-corrected chi connectivity index (χ1v) is 16.2. The van der Waals surface area contributed by atoms with Crippen molar-refractivity contribution in [2.24, 2.45) is 0 Å². The highest BCUT2D eigenvalue weighted by atomic mass is 35.5. The zero-order valence-electron chi connectivity index (χ0n) is 26.4. The molecule has 5 heterocycles. The fourth-order valence-corrected chi connectivity index (χ4v) is 7.40. The number of carbonyl (C=O) groups is 1. The Morgan fingerprint density at radius 3 is 2.48 bits per heavy atom. The van der Waals surface area contributed by atoms with Gasteiger partial charge in [-0.1, -0.05) is 41.9 Å². The molecule has 4 atom stereocenters. The Hall–Kier alpha value is -3.80. The minimum Gasteiger partial charge on any atom is -0.462 e. The quantitative estimate of drug-likeness (QED) is 0.293. The summed E-state index contributed by atoms with van der Waals surface area (Å²) in [6, 6.07) is 11.0. The molecule has 3 fully saturated rings. The van der Waals surface area contributed by atoms with Crippen LogP contribution in [0.3, 0.4) is 0 Å². The molecule has 1 amide bonds. The molecule has 12 heteroatoms. The van der Waals surface area contributed by atoms with E-state index in [1.807, 2.05) is 61.9 Å². The largest absolute Gasteiger partial charge is 0.462 e. The minimum atomic E-state index is -0.596. The van der Waals surface area contributed by atoms with Crippen molar-refractivity contribution in [2.45, 2.75) is 69.9 Å². The zero-order valence-corrected chi connectivity index (χ0v) is 27.2. The molecule has 0 spiro atoms. The van der Waals surface area contributed by atoms with Gasteiger partial charge in [0.05, 0.1) is 23.6 Å². The number of carbonyl (C=O) groups excluding carboxylic acids is 1. The number of nitrogens with zero attached hydrogens (tertiary/aromatic N) is 6. The molecule has 10 nitrogen and oxygen atoms in total. The lowest BCUT2D eigenvalue weighted by molar-refractivity contribution is 0.0122. The minimum absolute atomic E-state index is 0.0263. The van der Waals surface area contributed by atoms with Crippen molar-refractivity contribution in [3.63, 3.8) is 0 Å². The molecule has 1 N–H and O–H groups in total. The van der Waals surface area contributed by atoms with E-state index < -0.39 is 17.5 Å². The highest BCUT2D eigenvalue weighted by Crippen LogP contribution is 2.39. The first kappa shape index (κ1) is 30.8. The monoisotopic (exact) mass is 648 g/mol. The van der Waals surface area contributed by atoms with E-state index in [-0.39, 0.29) is 48.0 Å². The Kier molecular flexibility index (Phi) is 7.89. The van der Waals surface area contributed by atoms with E-state index in [1.54, 1.807) is 18.3 Å². The van der Waals surface area contributed by atoms with E-state index in [2.05, 4.69) is 14.9 Å². The van der Waals surface area contributed by atoms with Crippen LogP contribution in [0.4, 0.5) is 15.0 Å². The first-order chi connectivity index (χ1) is 22.0. The van der Waals surface area contributed by atoms with Crippen LogP contribution in [0, 0.1) is 5.82 Å². The zero-order chi connectivity index (χ0) is 32.3. The fraction of sp³-hybridized carbons (Fsp3) is 0.471. The fourth-order valence-electron chi connectivity index (χ4n) is 7.11. The summed E-state index contributed by atoms with van der Waals surface area (Å²) in [7, 11) is 1.93. The number of rotatable bonds is 5. The number of anilines is 1. The number of likely N-dealkylation sites (N-methyl/N-ethyl adjacent to an activating group) is 1. The van der Waals surface area contributed by atoms with Crippen molar-refractivity contribution in [1.82, 2.24) is 24.8 Å². The molecule has 2 aromatic carbocycles. The van der Waals surface area contributed by atoms with Crippen molar-refractivity contribution >= 4 is 45.2 Å². The second kappa shape index (κ2) is 11.8. The SMILES string of the molecule is CN1C[C@H](O)C[C@H]1COc1nc(N2CC3CCC(C2)N3C(=O)OC(C)(C)C)c2cnc(-c3cccc4cccc(Cl)c34)c(F)c2n1. The molecular formula is C34H38ClFN6O4. The van der Waals surface area contributed by atoms with Crippen molar-refractivity contribution in [3.05, 3.63) is 53.4 Å². The molecule has 3 saturated heterocycles. The molecular weight excluding hydrogens is 611 g/mol. The summed E-state index contributed by atoms with van der Waals surface area (Å²) >= 11 is 6.60. The Morgan fingerprint density at radius 2 is 1.80 bits per heavy atom. The third-order valence-corrected chi connectivity index (χ3v) is 9.52. The molecule has 2 aromatic heterocycles. The van der Waals surface area contributed by atoms with Crippen molar-refractivity contribution in [2.75, 3.05) is 38.2 Å². The summed E-state index contributed by atoms with van der Waals surface area (Å²) < 4.78 is 28.6. The molecule has 4 aromatic rings. The standard InChI is InChI=1S/C34H38ClFN6O4/c1-34(2,3)46-33(44)42-20-11-12-21(42)16-41(15-20)31-25-14-37-29(24-9-5-7-19-8-6-10-26(35)27(19)24)28(36)30(25)38-32(39-31)45-18-22-13-23(43)17-40(22)4/h5-10,14,20-23,43H,11-13,15-18H2,1-4H3/t20?,21?,22-,23+/m0/s1. The van der Waals surface area contributed by atoms with E-state index in [9.17, 15) is 9.90 Å². The molecule has 0 radical (unpaired) electrons. The lowest BCUT2D eigenvalue weighted by atomic mass is 10.0. The van der Waals surface area contributed by atoms with E-state index in [0.717, 1.165) is 18.2 Å². The number of pyridine rings is 1. The number of hydrogen-bond donors (Lipinski definition) is 1. The molecule has 7 rings (SSSR count). The Bertz CT molecular complexity index is 1800. The van der Waals surface area contributed by atoms with Crippen molar-refractivity contribution in [1.29, 1.82) is 0 Å². The topological polar surface area (TPSA) is 104 Å². The lowest BCUT2D eigenvalue weighted by Gasteiger charge is -2.42. The summed E-state index contributed by atoms with van der Waals surface area (Å²) in [5, 5.41) is 12.7. The van der Waals surface area contributed by atoms with Crippen molar-refractivity contribution < 1.29 is 23.8 Å². The lowest BCUT2D eigenvalue weighted by Crippen LogP contribution is -2.57. The maximum atomic E-state index is 16.7. The average molecular weight is 649 g/mol. The predicted octanol–water partition coefficient (Wildman–Crippen LogP) is 5.67. The van der Waals surface area contributed by atoms with Gasteiger partial charge >= 0.3 is 12.1 Å². The van der Waals surface area contributed by atoms with Gasteiger partial charge in [0, 0.05) is 47.8 Å². The summed E-state index contributed by atoms with van der Waals surface area (Å²) in [6.07, 6.45) is 3.11. The smallest absolute Gasteiger partial charge is 0.410 e. The summed E-state index contributed by atoms with van der Waals surface area (Å²) in [6.45, 7) is 7.40. The maximum Gasteiger partial charge on any atom is 0.410 e. The number of benzene rings is 2. The van der Waals surface area contributed by atoms with Gasteiger partial charge in [0.25, 0.3) is 0 Å². The van der Waals surface area contributed by atoms with Gasteiger partial charge in [-0.25, -0.2) is 9.18 Å². The van der Waals surface area contributed by atoms with Crippen LogP contribution in [-0.2, 0) is 4.74 Å². The number of aliphatic hydroxyl groups excluding tert-OH is 1. The molecule has 2 bridgehead atoms. The maximum absolute atomic E-state index is 16.7. The third-order valence-electron chi connectivity index (χ3n) is 9.21. The Morgan fingerprint density at radius 1 is 1.09 bits per heavy atom. The second-order valence-electron chi connectivity index (χ2n) is 13.6. The van der Waals surface area contributed by atoms with E-state index in [0.29, 0.717) is 53.2 Å². The van der Waals surface area contributed by atoms with Crippen LogP contribution in [-0.4, -0.2) is 99.1 Å². The van der Waals surface area contributed by atoms with Gasteiger partial charge in [0.1, 0.15) is 29.2 Å². The molecule has 0 aliphatic carbocycles. The van der Waals surface area contributed by atoms with Gasteiger partial charge in [0.15, 0.2) is 5.82 Å². The van der Waals surface area contributed by atoms with E-state index >= 15 is 4.39 Å². The average Bonchev–Trinajstić information content (AvgIpc) is 3.47. The van der Waals surface area contributed by atoms with Gasteiger partial charge in [-0.2, -0.15) is 9.97 Å². The number of hydrogen-bond acceptors (Lipinski definition) is 9. The van der Waals surface area contributed by atoms with Crippen LogP contribution in [0.5, 0.6) is 6.01 Å². The number of halogens is 2. The van der Waals surface area contributed by atoms with Crippen LogP contribution < -0.4 is 9.64 Å². The molecule has 46 heavy (non-hydrogen) atoms. The number of aromatic nitrogens is 3. The van der Waals surface area contributed by atoms with Crippen LogP contribution in [0.15, 0.2) is 42.6 Å². The predicted molar refractivity (Wildman–Crippen MR) is 175 cm³/mol. The number of fused-ring (bicyclic) bond motifs is 4. The molecule has 2 unspecified atom stereocenters. The number of piperazine rings is 1. The summed E-state index contributed by atoms with van der Waals surface area (Å²) in [5.41, 5.74) is 0.197. The number of amides is 1. The van der Waals surface area contributed by atoms with Crippen LogP contribution in [0.1, 0.15) is 40.0 Å². The molecule has 0 saturated carbocycles. The van der Waals surface area contributed by atoms with Crippen LogP contribution >= 0.6 is 11.6 Å². The normalized spacial score (nSPS) is 23.5. The number of β-amino-alcohol motifs (C(OH)–C–C–N with tert-alkyl or cyclic N) is 1. The van der Waals surface area contributed by atoms with Gasteiger partial charge < -0.3 is 19.5 Å².